The van der Waals surface area contributed by atoms with Gasteiger partial charge in [-0.3, -0.25) is 0 Å². The van der Waals surface area contributed by atoms with Crippen LogP contribution in [-0.2, 0) is 6.61 Å². The van der Waals surface area contributed by atoms with Gasteiger partial charge in [0.05, 0.1) is 30.7 Å². The number of methoxy groups -OCH3 is 1. The molecule has 0 radical (unpaired) electrons. The molecule has 90 valence electrons. The molecule has 17 heavy (non-hydrogen) atoms. The summed E-state index contributed by atoms with van der Waals surface area (Å²) in [6.45, 7) is 1.77. The first-order valence-corrected chi connectivity index (χ1v) is 5.96. The van der Waals surface area contributed by atoms with E-state index >= 15 is 0 Å². The van der Waals surface area contributed by atoms with Gasteiger partial charge in [0.1, 0.15) is 0 Å². The fourth-order valence-electron chi connectivity index (χ4n) is 1.71. The predicted molar refractivity (Wildman–Crippen MR) is 68.5 cm³/mol. The fourth-order valence-corrected chi connectivity index (χ4v) is 2.10. The largest absolute Gasteiger partial charge is 0.481 e. The van der Waals surface area contributed by atoms with Crippen molar-refractivity contribution in [2.45, 2.75) is 13.5 Å². The fraction of sp³-hybridized carbons (Fsp3) is 0.250. The molecule has 0 atom stereocenters. The third kappa shape index (κ3) is 2.21. The molecule has 2 rings (SSSR count). The molecule has 0 amide bonds. The van der Waals surface area contributed by atoms with E-state index in [1.54, 1.807) is 11.8 Å². The average Bonchev–Trinajstić information content (AvgIpc) is 2.65. The number of halogens is 1. The Hall–Kier alpha value is -1.33. The first-order valence-electron chi connectivity index (χ1n) is 5.16. The summed E-state index contributed by atoms with van der Waals surface area (Å²) < 4.78 is 7.96. The Morgan fingerprint density at radius 1 is 1.47 bits per heavy atom. The summed E-state index contributed by atoms with van der Waals surface area (Å²) in [7, 11) is 1.57. The lowest BCUT2D eigenvalue weighted by Crippen LogP contribution is -2.00. The molecule has 1 aromatic heterocycles. The summed E-state index contributed by atoms with van der Waals surface area (Å²) in [4.78, 5) is 0. The number of nitrogens with zero attached hydrogens (tertiary/aromatic N) is 2. The lowest BCUT2D eigenvalue weighted by molar-refractivity contribution is 0.271. The highest BCUT2D eigenvalue weighted by Crippen LogP contribution is 2.26. The Kier molecular flexibility index (Phi) is 3.49. The van der Waals surface area contributed by atoms with E-state index in [2.05, 4.69) is 21.0 Å². The molecule has 0 unspecified atom stereocenters. The summed E-state index contributed by atoms with van der Waals surface area (Å²) >= 11 is 3.42. The highest BCUT2D eigenvalue weighted by molar-refractivity contribution is 9.10. The third-order valence-corrected chi connectivity index (χ3v) is 3.03. The number of aryl methyl sites for hydroxylation is 1. The van der Waals surface area contributed by atoms with E-state index in [1.165, 1.54) is 0 Å². The lowest BCUT2D eigenvalue weighted by Gasteiger charge is -2.07. The quantitative estimate of drug-likeness (QED) is 0.946. The number of aliphatic hydroxyl groups is 1. The molecule has 0 aliphatic carbocycles. The number of benzene rings is 1. The first kappa shape index (κ1) is 12.1. The SMILES string of the molecule is COc1c(CO)c(C)nn1-c1cccc(Br)c1. The molecule has 0 aliphatic heterocycles. The predicted octanol–water partition coefficient (Wildman–Crippen LogP) is 2.44. The van der Waals surface area contributed by atoms with Gasteiger partial charge in [0, 0.05) is 4.47 Å². The maximum Gasteiger partial charge on any atom is 0.222 e. The molecule has 1 N–H and O–H groups in total. The molecule has 2 aromatic rings. The minimum Gasteiger partial charge on any atom is -0.481 e. The number of hydrogen-bond acceptors (Lipinski definition) is 3. The van der Waals surface area contributed by atoms with Crippen molar-refractivity contribution >= 4 is 15.9 Å². The Bertz CT molecular complexity index is 537. The van der Waals surface area contributed by atoms with E-state index < -0.39 is 0 Å². The van der Waals surface area contributed by atoms with Gasteiger partial charge in [0.15, 0.2) is 0 Å². The normalized spacial score (nSPS) is 10.6. The summed E-state index contributed by atoms with van der Waals surface area (Å²) in [6.07, 6.45) is 0. The van der Waals surface area contributed by atoms with Crippen LogP contribution in [0.25, 0.3) is 5.69 Å². The van der Waals surface area contributed by atoms with Crippen LogP contribution in [0.5, 0.6) is 5.88 Å². The zero-order valence-corrected chi connectivity index (χ0v) is 11.2. The number of aromatic nitrogens is 2. The van der Waals surface area contributed by atoms with E-state index in [-0.39, 0.29) is 6.61 Å². The summed E-state index contributed by atoms with van der Waals surface area (Å²) in [5.74, 6) is 0.572. The Balaban J connectivity index is 2.59. The number of ether oxygens (including phenoxy) is 1. The summed E-state index contributed by atoms with van der Waals surface area (Å²) in [5.41, 5.74) is 2.37. The zero-order valence-electron chi connectivity index (χ0n) is 9.64. The van der Waals surface area contributed by atoms with Crippen molar-refractivity contribution in [2.75, 3.05) is 7.11 Å². The van der Waals surface area contributed by atoms with Gasteiger partial charge in [0.2, 0.25) is 5.88 Å². The second kappa shape index (κ2) is 4.89. The van der Waals surface area contributed by atoms with E-state index in [4.69, 9.17) is 4.74 Å². The highest BCUT2D eigenvalue weighted by Gasteiger charge is 2.16. The van der Waals surface area contributed by atoms with Gasteiger partial charge < -0.3 is 9.84 Å². The van der Waals surface area contributed by atoms with Crippen LogP contribution in [0.4, 0.5) is 0 Å². The summed E-state index contributed by atoms with van der Waals surface area (Å²) in [5, 5.41) is 13.7. The second-order valence-corrected chi connectivity index (χ2v) is 4.54. The average molecular weight is 297 g/mol. The lowest BCUT2D eigenvalue weighted by atomic mass is 10.2. The topological polar surface area (TPSA) is 47.3 Å². The van der Waals surface area contributed by atoms with Crippen LogP contribution in [0.15, 0.2) is 28.7 Å². The van der Waals surface area contributed by atoms with Crippen LogP contribution in [0.2, 0.25) is 0 Å². The minimum absolute atomic E-state index is 0.0803. The molecule has 1 aromatic carbocycles. The molecule has 0 spiro atoms. The summed E-state index contributed by atoms with van der Waals surface area (Å²) in [6, 6.07) is 7.74. The maximum absolute atomic E-state index is 9.30. The van der Waals surface area contributed by atoms with Crippen molar-refractivity contribution < 1.29 is 9.84 Å². The van der Waals surface area contributed by atoms with Gasteiger partial charge in [-0.15, -0.1) is 0 Å². The van der Waals surface area contributed by atoms with Crippen molar-refractivity contribution in [1.29, 1.82) is 0 Å². The molecular formula is C12H13BrN2O2. The standard InChI is InChI=1S/C12H13BrN2O2/c1-8-11(7-16)12(17-2)15(14-8)10-5-3-4-9(13)6-10/h3-6,16H,7H2,1-2H3. The van der Waals surface area contributed by atoms with Gasteiger partial charge in [-0.05, 0) is 25.1 Å². The molecule has 4 nitrogen and oxygen atoms in total. The Morgan fingerprint density at radius 3 is 2.82 bits per heavy atom. The number of hydrogen-bond donors (Lipinski definition) is 1. The van der Waals surface area contributed by atoms with E-state index in [0.29, 0.717) is 11.4 Å². The van der Waals surface area contributed by atoms with Crippen molar-refractivity contribution in [2.24, 2.45) is 0 Å². The van der Waals surface area contributed by atoms with Crippen LogP contribution in [0.1, 0.15) is 11.3 Å². The van der Waals surface area contributed by atoms with Gasteiger partial charge in [-0.2, -0.15) is 5.10 Å². The molecule has 0 bridgehead atoms. The van der Waals surface area contributed by atoms with E-state index in [9.17, 15) is 5.11 Å². The van der Waals surface area contributed by atoms with Crippen LogP contribution in [0.3, 0.4) is 0 Å². The van der Waals surface area contributed by atoms with Gasteiger partial charge >= 0.3 is 0 Å². The first-order chi connectivity index (χ1) is 8.17. The molecule has 0 aliphatic rings. The van der Waals surface area contributed by atoms with E-state index in [1.807, 2.05) is 31.2 Å². The van der Waals surface area contributed by atoms with Crippen molar-refractivity contribution in [1.82, 2.24) is 9.78 Å². The van der Waals surface area contributed by atoms with Crippen LogP contribution in [-0.4, -0.2) is 22.0 Å². The van der Waals surface area contributed by atoms with E-state index in [0.717, 1.165) is 15.9 Å². The second-order valence-electron chi connectivity index (χ2n) is 3.62. The van der Waals surface area contributed by atoms with Crippen molar-refractivity contribution in [3.05, 3.63) is 40.0 Å². The molecule has 0 fully saturated rings. The molecular weight excluding hydrogens is 284 g/mol. The monoisotopic (exact) mass is 296 g/mol. The zero-order chi connectivity index (χ0) is 12.4. The number of rotatable bonds is 3. The van der Waals surface area contributed by atoms with Crippen LogP contribution < -0.4 is 4.74 Å². The highest BCUT2D eigenvalue weighted by atomic mass is 79.9. The molecule has 0 saturated carbocycles. The van der Waals surface area contributed by atoms with Crippen molar-refractivity contribution in [3.8, 4) is 11.6 Å². The maximum atomic E-state index is 9.30. The van der Waals surface area contributed by atoms with Crippen LogP contribution in [0, 0.1) is 6.92 Å². The smallest absolute Gasteiger partial charge is 0.222 e. The van der Waals surface area contributed by atoms with Gasteiger partial charge in [-0.25, -0.2) is 4.68 Å². The molecule has 1 heterocycles. The van der Waals surface area contributed by atoms with Crippen molar-refractivity contribution in [3.63, 3.8) is 0 Å². The molecule has 0 saturated heterocycles. The molecule has 5 heteroatoms. The Morgan fingerprint density at radius 2 is 2.24 bits per heavy atom. The Labute approximate surface area is 108 Å². The minimum atomic E-state index is -0.0803. The van der Waals surface area contributed by atoms with Gasteiger partial charge in [0.25, 0.3) is 0 Å². The number of aliphatic hydroxyl groups excluding tert-OH is 1. The van der Waals surface area contributed by atoms with Gasteiger partial charge in [-0.1, -0.05) is 22.0 Å². The van der Waals surface area contributed by atoms with Crippen LogP contribution >= 0.6 is 15.9 Å². The third-order valence-electron chi connectivity index (χ3n) is 2.54.